The molecular formula is C24H22N2O2S2+2. The monoisotopic (exact) mass is 434 g/mol. The lowest BCUT2D eigenvalue weighted by molar-refractivity contribution is -0.665. The molecule has 0 radical (unpaired) electrons. The molecule has 1 fully saturated rings. The summed E-state index contributed by atoms with van der Waals surface area (Å²) in [4.78, 5) is 27.0. The van der Waals surface area contributed by atoms with Crippen molar-refractivity contribution in [2.24, 2.45) is 5.92 Å². The molecule has 0 amide bonds. The number of ketones is 2. The molecule has 4 nitrogen and oxygen atoms in total. The van der Waals surface area contributed by atoms with Gasteiger partial charge in [0.1, 0.15) is 16.8 Å². The summed E-state index contributed by atoms with van der Waals surface area (Å²) in [6.07, 6.45) is 3.75. The number of aromatic nitrogens is 1. The van der Waals surface area contributed by atoms with Crippen molar-refractivity contribution in [2.75, 3.05) is 11.4 Å². The fourth-order valence-corrected chi connectivity index (χ4v) is 6.43. The van der Waals surface area contributed by atoms with Crippen molar-refractivity contribution in [1.82, 2.24) is 0 Å². The average molecular weight is 435 g/mol. The summed E-state index contributed by atoms with van der Waals surface area (Å²) >= 11 is 3.30. The zero-order chi connectivity index (χ0) is 20.8. The van der Waals surface area contributed by atoms with E-state index in [2.05, 4.69) is 47.6 Å². The van der Waals surface area contributed by atoms with Gasteiger partial charge in [0.2, 0.25) is 5.52 Å². The third kappa shape index (κ3) is 2.94. The second-order valence-corrected chi connectivity index (χ2v) is 9.38. The number of carbonyl (C=O) groups is 1. The Labute approximate surface area is 183 Å². The van der Waals surface area contributed by atoms with Crippen molar-refractivity contribution in [1.29, 1.82) is 0 Å². The first kappa shape index (κ1) is 19.3. The minimum Gasteiger partial charge on any atom is -0.336 e. The minimum absolute atomic E-state index is 0.0206. The van der Waals surface area contributed by atoms with Gasteiger partial charge in [-0.25, -0.2) is 0 Å². The molecule has 30 heavy (non-hydrogen) atoms. The molecule has 3 aromatic rings. The van der Waals surface area contributed by atoms with E-state index in [9.17, 15) is 9.59 Å². The Balaban J connectivity index is 1.45. The Morgan fingerprint density at radius 1 is 1.13 bits per heavy atom. The van der Waals surface area contributed by atoms with E-state index in [1.165, 1.54) is 9.60 Å². The van der Waals surface area contributed by atoms with Gasteiger partial charge in [-0.3, -0.25) is 9.59 Å². The summed E-state index contributed by atoms with van der Waals surface area (Å²) in [5.74, 6) is -0.417. The van der Waals surface area contributed by atoms with E-state index >= 15 is 0 Å². The molecule has 5 rings (SSSR count). The summed E-state index contributed by atoms with van der Waals surface area (Å²) in [7, 11) is 0. The molecule has 0 saturated heterocycles. The van der Waals surface area contributed by atoms with Crippen LogP contribution in [0.25, 0.3) is 16.3 Å². The summed E-state index contributed by atoms with van der Waals surface area (Å²) < 4.78 is 3.36. The molecule has 2 aromatic carbocycles. The summed E-state index contributed by atoms with van der Waals surface area (Å²) in [6.45, 7) is 5.82. The largest absolute Gasteiger partial charge is 0.342 e. The molecule has 1 saturated carbocycles. The van der Waals surface area contributed by atoms with Gasteiger partial charge in [0.15, 0.2) is 11.7 Å². The number of anilines is 1. The van der Waals surface area contributed by atoms with Gasteiger partial charge < -0.3 is 4.90 Å². The van der Waals surface area contributed by atoms with Crippen LogP contribution in [0.2, 0.25) is 0 Å². The first-order valence-corrected chi connectivity index (χ1v) is 11.7. The van der Waals surface area contributed by atoms with E-state index in [0.29, 0.717) is 5.57 Å². The van der Waals surface area contributed by atoms with Crippen molar-refractivity contribution in [3.05, 3.63) is 70.2 Å². The van der Waals surface area contributed by atoms with Crippen LogP contribution in [0.15, 0.2) is 70.1 Å². The third-order valence-electron chi connectivity index (χ3n) is 5.60. The standard InChI is InChI=1S/C24H21N2O2S2/c1-3-25-17-9-5-7-11-19(17)29-21(25)13-15-23(27)16(24(15)28)14-22-26(4-2)18-10-6-8-12-20(18)30-22/h5-15H,3-4H2,1-2H3/q+1/p+1/b16-14-,21-13-. The van der Waals surface area contributed by atoms with Gasteiger partial charge in [0.05, 0.1) is 10.7 Å². The maximum Gasteiger partial charge on any atom is 0.342 e. The minimum atomic E-state index is -0.563. The molecule has 1 aliphatic carbocycles. The van der Waals surface area contributed by atoms with Crippen molar-refractivity contribution in [2.45, 2.75) is 25.3 Å². The lowest BCUT2D eigenvalue weighted by Crippen LogP contribution is -2.41. The first-order chi connectivity index (χ1) is 14.6. The molecule has 1 N–H and O–H groups in total. The number of nitrogens with zero attached hydrogens (tertiary/aromatic N) is 2. The number of benzene rings is 2. The number of thiazole rings is 1. The second kappa shape index (κ2) is 7.52. The van der Waals surface area contributed by atoms with Crippen LogP contribution in [-0.2, 0) is 11.3 Å². The van der Waals surface area contributed by atoms with Gasteiger partial charge in [0.25, 0.3) is 5.01 Å². The van der Waals surface area contributed by atoms with Crippen molar-refractivity contribution >= 4 is 56.6 Å². The molecule has 1 aliphatic heterocycles. The van der Waals surface area contributed by atoms with Crippen LogP contribution < -0.4 is 9.47 Å². The molecule has 6 heteroatoms. The summed E-state index contributed by atoms with van der Waals surface area (Å²) in [5.41, 5.74) is 2.74. The highest BCUT2D eigenvalue weighted by Crippen LogP contribution is 2.46. The van der Waals surface area contributed by atoms with Crippen LogP contribution in [0.4, 0.5) is 5.69 Å². The summed E-state index contributed by atoms with van der Waals surface area (Å²) in [6, 6.07) is 16.4. The quantitative estimate of drug-likeness (QED) is 0.195. The van der Waals surface area contributed by atoms with Gasteiger partial charge >= 0.3 is 5.78 Å². The normalized spacial score (nSPS) is 21.0. The predicted molar refractivity (Wildman–Crippen MR) is 125 cm³/mol. The zero-order valence-electron chi connectivity index (χ0n) is 16.8. The maximum atomic E-state index is 12.9. The van der Waals surface area contributed by atoms with E-state index in [1.807, 2.05) is 36.4 Å². The molecule has 1 atom stereocenters. The first-order valence-electron chi connectivity index (χ1n) is 10.1. The van der Waals surface area contributed by atoms with Crippen molar-refractivity contribution in [3.8, 4) is 0 Å². The van der Waals surface area contributed by atoms with Gasteiger partial charge in [-0.15, -0.1) is 0 Å². The van der Waals surface area contributed by atoms with E-state index < -0.39 is 5.92 Å². The Hall–Kier alpha value is -2.70. The van der Waals surface area contributed by atoms with Crippen molar-refractivity contribution in [3.63, 3.8) is 0 Å². The highest BCUT2D eigenvalue weighted by atomic mass is 32.2. The van der Waals surface area contributed by atoms with Crippen LogP contribution in [0.5, 0.6) is 0 Å². The predicted octanol–water partition coefficient (Wildman–Crippen LogP) is 4.81. The van der Waals surface area contributed by atoms with Crippen LogP contribution in [0.3, 0.4) is 0 Å². The molecule has 1 aromatic heterocycles. The van der Waals surface area contributed by atoms with E-state index in [4.69, 9.17) is 0 Å². The number of rotatable bonds is 4. The van der Waals surface area contributed by atoms with Gasteiger partial charge in [0, 0.05) is 23.6 Å². The lowest BCUT2D eigenvalue weighted by Gasteiger charge is -2.22. The average Bonchev–Trinajstić information content (AvgIpc) is 3.32. The Morgan fingerprint density at radius 3 is 2.67 bits per heavy atom. The molecule has 0 bridgehead atoms. The summed E-state index contributed by atoms with van der Waals surface area (Å²) in [5, 5.41) is 1.99. The molecule has 0 spiro atoms. The molecular weight excluding hydrogens is 412 g/mol. The number of allylic oxidation sites excluding steroid dienone is 2. The van der Waals surface area contributed by atoms with Crippen LogP contribution in [0, 0.1) is 5.92 Å². The number of para-hydroxylation sites is 2. The van der Waals surface area contributed by atoms with Crippen LogP contribution in [0.1, 0.15) is 18.9 Å². The van der Waals surface area contributed by atoms with Crippen LogP contribution >= 0.6 is 23.1 Å². The van der Waals surface area contributed by atoms with Gasteiger partial charge in [-0.2, -0.15) is 4.57 Å². The number of Topliss-reactive ketones (excluding diaryl/α,β-unsaturated/α-hetero) is 1. The Morgan fingerprint density at radius 2 is 1.90 bits per heavy atom. The molecule has 1 unspecified atom stereocenters. The highest BCUT2D eigenvalue weighted by molar-refractivity contribution is 8.03. The molecule has 2 heterocycles. The fraction of sp³-hybridized carbons (Fsp3) is 0.208. The number of hydrogen-bond acceptors (Lipinski definition) is 4. The van der Waals surface area contributed by atoms with Gasteiger partial charge in [-0.1, -0.05) is 47.4 Å². The van der Waals surface area contributed by atoms with E-state index in [-0.39, 0.29) is 11.6 Å². The smallest absolute Gasteiger partial charge is 0.336 e. The zero-order valence-corrected chi connectivity index (χ0v) is 18.5. The van der Waals surface area contributed by atoms with Crippen LogP contribution in [-0.4, -0.2) is 22.9 Å². The fourth-order valence-electron chi connectivity index (χ4n) is 4.06. The SMILES string of the molecule is CCN1/C(=C/C2C(=O)/C(=C/c3sc4ccccc4[n+]3CC)C2=[OH+])Sc2ccccc21. The number of fused-ring (bicyclic) bond motifs is 2. The lowest BCUT2D eigenvalue weighted by atomic mass is 9.77. The number of thioether (sulfide) groups is 1. The van der Waals surface area contributed by atoms with Crippen molar-refractivity contribution < 1.29 is 14.2 Å². The number of carbonyl (C=O) groups excluding carboxylic acids is 2. The second-order valence-electron chi connectivity index (χ2n) is 7.26. The van der Waals surface area contributed by atoms with E-state index in [0.717, 1.165) is 34.3 Å². The third-order valence-corrected chi connectivity index (χ3v) is 7.84. The Kier molecular flexibility index (Phi) is 4.83. The topological polar surface area (TPSA) is 45.6 Å². The number of aryl methyl sites for hydroxylation is 1. The van der Waals surface area contributed by atoms with Gasteiger partial charge in [-0.05, 0) is 38.1 Å². The molecule has 2 aliphatic rings. The maximum absolute atomic E-state index is 12.9. The highest BCUT2D eigenvalue weighted by Gasteiger charge is 2.50. The molecule has 150 valence electrons. The number of hydrogen-bond donors (Lipinski definition) is 0. The Bertz CT molecular complexity index is 1240. The van der Waals surface area contributed by atoms with E-state index in [1.54, 1.807) is 23.1 Å².